The number of benzene rings is 2. The zero-order valence-corrected chi connectivity index (χ0v) is 16.6. The minimum atomic E-state index is -0.734. The fourth-order valence-electron chi connectivity index (χ4n) is 2.61. The van der Waals surface area contributed by atoms with Crippen molar-refractivity contribution in [2.75, 3.05) is 0 Å². The Morgan fingerprint density at radius 1 is 0.963 bits per heavy atom. The Labute approximate surface area is 173 Å². The number of pyridine rings is 1. The fourth-order valence-corrected chi connectivity index (χ4v) is 3.20. The second-order valence-corrected chi connectivity index (χ2v) is 7.09. The van der Waals surface area contributed by atoms with E-state index in [0.29, 0.717) is 27.2 Å². The molecule has 1 aromatic heterocycles. The molecule has 0 aliphatic heterocycles. The molecule has 0 radical (unpaired) electrons. The van der Waals surface area contributed by atoms with Crippen LogP contribution in [0.3, 0.4) is 0 Å². The van der Waals surface area contributed by atoms with E-state index in [1.54, 1.807) is 35.2 Å². The Hall–Kier alpha value is -2.27. The molecule has 0 aliphatic rings. The molecular formula is C21H16Cl2N2OS. The molecule has 0 bridgehead atoms. The molecule has 1 heterocycles. The van der Waals surface area contributed by atoms with Gasteiger partial charge in [0.15, 0.2) is 12.4 Å². The van der Waals surface area contributed by atoms with Crippen molar-refractivity contribution in [1.29, 1.82) is 0 Å². The summed E-state index contributed by atoms with van der Waals surface area (Å²) in [5, 5.41) is 1.03. The maximum Gasteiger partial charge on any atom is 0.237 e. The van der Waals surface area contributed by atoms with Crippen LogP contribution in [0.25, 0.3) is 0 Å². The van der Waals surface area contributed by atoms with Crippen molar-refractivity contribution >= 4 is 46.7 Å². The molecule has 0 fully saturated rings. The van der Waals surface area contributed by atoms with E-state index < -0.39 is 6.04 Å². The third-order valence-corrected chi connectivity index (χ3v) is 5.07. The monoisotopic (exact) mass is 414 g/mol. The van der Waals surface area contributed by atoms with Crippen LogP contribution in [0.4, 0.5) is 0 Å². The Balaban J connectivity index is 1.95. The molecule has 2 aromatic carbocycles. The van der Waals surface area contributed by atoms with E-state index in [0.717, 1.165) is 5.56 Å². The number of hydrogen-bond acceptors (Lipinski definition) is 3. The van der Waals surface area contributed by atoms with Crippen LogP contribution in [0.2, 0.25) is 10.0 Å². The molecule has 0 spiro atoms. The average molecular weight is 415 g/mol. The van der Waals surface area contributed by atoms with Gasteiger partial charge in [0.25, 0.3) is 0 Å². The maximum atomic E-state index is 13.2. The SMILES string of the molecule is O=C(c1ccc(Cl)c(Cl)c1)C(C([S-])=NCc1ccccc1)[n+]1ccccc1. The molecule has 0 saturated carbocycles. The number of halogens is 2. The number of carbonyl (C=O) groups is 1. The van der Waals surface area contributed by atoms with Crippen LogP contribution in [0.5, 0.6) is 0 Å². The molecule has 3 aromatic rings. The number of hydrogen-bond donors (Lipinski definition) is 0. The number of rotatable bonds is 6. The molecular weight excluding hydrogens is 399 g/mol. The lowest BCUT2D eigenvalue weighted by atomic mass is 10.0. The van der Waals surface area contributed by atoms with Crippen molar-refractivity contribution in [2.24, 2.45) is 4.99 Å². The largest absolute Gasteiger partial charge is 0.758 e. The number of carbonyl (C=O) groups excluding carboxylic acids is 1. The van der Waals surface area contributed by atoms with Gasteiger partial charge in [-0.15, -0.1) is 0 Å². The van der Waals surface area contributed by atoms with Crippen LogP contribution >= 0.6 is 23.2 Å². The van der Waals surface area contributed by atoms with E-state index >= 15 is 0 Å². The number of nitrogens with zero attached hydrogens (tertiary/aromatic N) is 2. The average Bonchev–Trinajstić information content (AvgIpc) is 2.70. The molecule has 27 heavy (non-hydrogen) atoms. The Bertz CT molecular complexity index is 962. The Morgan fingerprint density at radius 3 is 2.30 bits per heavy atom. The summed E-state index contributed by atoms with van der Waals surface area (Å²) in [6.45, 7) is 0.415. The molecule has 1 unspecified atom stereocenters. The van der Waals surface area contributed by atoms with E-state index in [4.69, 9.17) is 35.8 Å². The summed E-state index contributed by atoms with van der Waals surface area (Å²) in [7, 11) is 0. The summed E-state index contributed by atoms with van der Waals surface area (Å²) in [5.41, 5.74) is 1.46. The zero-order chi connectivity index (χ0) is 19.2. The van der Waals surface area contributed by atoms with Crippen LogP contribution in [-0.2, 0) is 19.2 Å². The topological polar surface area (TPSA) is 33.3 Å². The van der Waals surface area contributed by atoms with Crippen molar-refractivity contribution in [3.05, 3.63) is 100 Å². The van der Waals surface area contributed by atoms with Crippen LogP contribution < -0.4 is 4.57 Å². The second-order valence-electron chi connectivity index (χ2n) is 5.86. The molecule has 136 valence electrons. The van der Waals surface area contributed by atoms with Crippen molar-refractivity contribution in [1.82, 2.24) is 0 Å². The second kappa shape index (κ2) is 9.09. The first-order valence-electron chi connectivity index (χ1n) is 8.26. The molecule has 1 atom stereocenters. The van der Waals surface area contributed by atoms with E-state index in [9.17, 15) is 4.79 Å². The number of aliphatic imine (C=N–C) groups is 1. The van der Waals surface area contributed by atoms with Gasteiger partial charge in [0.05, 0.1) is 16.6 Å². The summed E-state index contributed by atoms with van der Waals surface area (Å²) >= 11 is 17.6. The molecule has 0 amide bonds. The van der Waals surface area contributed by atoms with Crippen LogP contribution in [-0.4, -0.2) is 10.8 Å². The Kier molecular flexibility index (Phi) is 6.56. The van der Waals surface area contributed by atoms with Gasteiger partial charge < -0.3 is 17.6 Å². The lowest BCUT2D eigenvalue weighted by Gasteiger charge is -2.19. The van der Waals surface area contributed by atoms with Gasteiger partial charge in [-0.05, 0) is 28.8 Å². The predicted octanol–water partition coefficient (Wildman–Crippen LogP) is 4.85. The van der Waals surface area contributed by atoms with Gasteiger partial charge in [-0.2, -0.15) is 4.57 Å². The summed E-state index contributed by atoms with van der Waals surface area (Å²) in [6.07, 6.45) is 3.59. The lowest BCUT2D eigenvalue weighted by Crippen LogP contribution is -2.47. The smallest absolute Gasteiger partial charge is 0.237 e. The van der Waals surface area contributed by atoms with Crippen LogP contribution in [0.1, 0.15) is 22.0 Å². The van der Waals surface area contributed by atoms with Crippen LogP contribution in [0.15, 0.2) is 84.1 Å². The summed E-state index contributed by atoms with van der Waals surface area (Å²) < 4.78 is 1.75. The first kappa shape index (κ1) is 19.5. The van der Waals surface area contributed by atoms with Gasteiger partial charge in [-0.25, -0.2) is 0 Å². The molecule has 3 nitrogen and oxygen atoms in total. The summed E-state index contributed by atoms with van der Waals surface area (Å²) in [6, 6.07) is 19.4. The summed E-state index contributed by atoms with van der Waals surface area (Å²) in [4.78, 5) is 17.7. The molecule has 0 saturated heterocycles. The van der Waals surface area contributed by atoms with E-state index in [1.165, 1.54) is 0 Å². The summed E-state index contributed by atoms with van der Waals surface area (Å²) in [5.74, 6) is -0.188. The third-order valence-electron chi connectivity index (χ3n) is 3.98. The minimum absolute atomic E-state index is 0.188. The molecule has 6 heteroatoms. The Morgan fingerprint density at radius 2 is 1.63 bits per heavy atom. The number of ketones is 1. The highest BCUT2D eigenvalue weighted by Gasteiger charge is 2.28. The highest BCUT2D eigenvalue weighted by Crippen LogP contribution is 2.24. The van der Waals surface area contributed by atoms with E-state index in [2.05, 4.69) is 4.99 Å². The number of aromatic nitrogens is 1. The zero-order valence-electron chi connectivity index (χ0n) is 14.3. The molecule has 3 rings (SSSR count). The predicted molar refractivity (Wildman–Crippen MR) is 111 cm³/mol. The first-order chi connectivity index (χ1) is 13.1. The van der Waals surface area contributed by atoms with Gasteiger partial charge in [-0.3, -0.25) is 4.79 Å². The van der Waals surface area contributed by atoms with Gasteiger partial charge in [0, 0.05) is 17.7 Å². The van der Waals surface area contributed by atoms with Crippen molar-refractivity contribution in [3.63, 3.8) is 0 Å². The van der Waals surface area contributed by atoms with E-state index in [-0.39, 0.29) is 5.78 Å². The van der Waals surface area contributed by atoms with Gasteiger partial charge in [-0.1, -0.05) is 59.6 Å². The van der Waals surface area contributed by atoms with Gasteiger partial charge in [0.2, 0.25) is 11.8 Å². The fraction of sp³-hybridized carbons (Fsp3) is 0.0952. The van der Waals surface area contributed by atoms with Gasteiger partial charge >= 0.3 is 0 Å². The highest BCUT2D eigenvalue weighted by atomic mass is 35.5. The van der Waals surface area contributed by atoms with Gasteiger partial charge in [0.1, 0.15) is 0 Å². The van der Waals surface area contributed by atoms with E-state index in [1.807, 2.05) is 48.5 Å². The first-order valence-corrected chi connectivity index (χ1v) is 9.43. The number of Topliss-reactive ketones (excluding diaryl/α,β-unsaturated/α-hetero) is 1. The van der Waals surface area contributed by atoms with Crippen molar-refractivity contribution in [3.8, 4) is 0 Å². The third kappa shape index (κ3) is 4.92. The van der Waals surface area contributed by atoms with Crippen molar-refractivity contribution in [2.45, 2.75) is 12.6 Å². The standard InChI is InChI=1S/C21H16Cl2N2OS/c22-17-10-9-16(13-18(17)23)20(26)19(25-11-5-2-6-12-25)21(27)24-14-15-7-3-1-4-8-15/h1-13,19H,14H2. The quantitative estimate of drug-likeness (QED) is 0.190. The lowest BCUT2D eigenvalue weighted by molar-refractivity contribution is -0.691. The highest BCUT2D eigenvalue weighted by molar-refractivity contribution is 7.77. The van der Waals surface area contributed by atoms with Crippen molar-refractivity contribution < 1.29 is 9.36 Å². The molecule has 0 N–H and O–H groups in total. The normalized spacial score (nSPS) is 12.6. The maximum absolute atomic E-state index is 13.2. The van der Waals surface area contributed by atoms with Crippen LogP contribution in [0, 0.1) is 0 Å². The minimum Gasteiger partial charge on any atom is -0.758 e. The molecule has 0 aliphatic carbocycles.